The molecule has 2 amide bonds. The van der Waals surface area contributed by atoms with Crippen LogP contribution in [-0.4, -0.2) is 24.4 Å². The van der Waals surface area contributed by atoms with Crippen molar-refractivity contribution < 1.29 is 9.59 Å². The largest absolute Gasteiger partial charge is 0.353 e. The molecule has 24 heavy (non-hydrogen) atoms. The highest BCUT2D eigenvalue weighted by Gasteiger charge is 2.36. The number of hydrogen-bond donors (Lipinski definition) is 1. The summed E-state index contributed by atoms with van der Waals surface area (Å²) in [4.78, 5) is 26.7. The van der Waals surface area contributed by atoms with Crippen molar-refractivity contribution in [3.8, 4) is 0 Å². The third-order valence-electron chi connectivity index (χ3n) is 4.92. The molecule has 0 aliphatic carbocycles. The van der Waals surface area contributed by atoms with Crippen LogP contribution in [0.2, 0.25) is 0 Å². The first-order chi connectivity index (χ1) is 11.5. The molecule has 0 saturated carbocycles. The minimum atomic E-state index is -0.280. The van der Waals surface area contributed by atoms with E-state index in [4.69, 9.17) is 0 Å². The average Bonchev–Trinajstić information content (AvgIpc) is 2.96. The molecule has 3 rings (SSSR count). The molecule has 1 fully saturated rings. The molecular weight excluding hydrogens is 300 g/mol. The first kappa shape index (κ1) is 16.5. The summed E-state index contributed by atoms with van der Waals surface area (Å²) >= 11 is 0. The maximum Gasteiger partial charge on any atom is 0.227 e. The summed E-state index contributed by atoms with van der Waals surface area (Å²) in [5, 5.41) is 5.18. The summed E-state index contributed by atoms with van der Waals surface area (Å²) in [6, 6.07) is 14.1. The number of rotatable bonds is 4. The molecule has 1 aliphatic heterocycles. The van der Waals surface area contributed by atoms with Crippen LogP contribution in [0.1, 0.15) is 27.2 Å². The number of carbonyl (C=O) groups is 2. The zero-order chi connectivity index (χ0) is 17.3. The lowest BCUT2D eigenvalue weighted by atomic mass is 10.0. The van der Waals surface area contributed by atoms with Crippen molar-refractivity contribution in [2.45, 2.75) is 33.2 Å². The molecule has 0 aromatic heterocycles. The minimum absolute atomic E-state index is 0.0173. The smallest absolute Gasteiger partial charge is 0.227 e. The molecule has 1 heterocycles. The van der Waals surface area contributed by atoms with Crippen LogP contribution in [0.25, 0.3) is 10.8 Å². The third kappa shape index (κ3) is 3.14. The van der Waals surface area contributed by atoms with Gasteiger partial charge in [0.05, 0.1) is 11.6 Å². The molecule has 2 atom stereocenters. The van der Waals surface area contributed by atoms with Gasteiger partial charge in [-0.15, -0.1) is 0 Å². The van der Waals surface area contributed by atoms with E-state index in [2.05, 4.69) is 19.2 Å². The molecule has 1 aliphatic rings. The Labute approximate surface area is 142 Å². The Morgan fingerprint density at radius 1 is 1.12 bits per heavy atom. The van der Waals surface area contributed by atoms with Crippen molar-refractivity contribution >= 4 is 28.3 Å². The van der Waals surface area contributed by atoms with Crippen LogP contribution >= 0.6 is 0 Å². The number of amides is 2. The van der Waals surface area contributed by atoms with E-state index >= 15 is 0 Å². The van der Waals surface area contributed by atoms with Gasteiger partial charge in [0.1, 0.15) is 0 Å². The van der Waals surface area contributed by atoms with Gasteiger partial charge >= 0.3 is 0 Å². The first-order valence-electron chi connectivity index (χ1n) is 8.56. The summed E-state index contributed by atoms with van der Waals surface area (Å²) in [6.07, 6.45) is 0.278. The second-order valence-electron chi connectivity index (χ2n) is 6.94. The minimum Gasteiger partial charge on any atom is -0.353 e. The van der Waals surface area contributed by atoms with E-state index in [1.165, 1.54) is 0 Å². The highest BCUT2D eigenvalue weighted by Crippen LogP contribution is 2.31. The van der Waals surface area contributed by atoms with Crippen LogP contribution in [0.5, 0.6) is 0 Å². The van der Waals surface area contributed by atoms with E-state index < -0.39 is 0 Å². The Kier molecular flexibility index (Phi) is 4.56. The molecule has 0 spiro atoms. The van der Waals surface area contributed by atoms with Crippen LogP contribution in [0.15, 0.2) is 42.5 Å². The van der Waals surface area contributed by atoms with Crippen LogP contribution in [0.3, 0.4) is 0 Å². The molecule has 1 saturated heterocycles. The SMILES string of the molecule is CC(C)[C@H](C)NC(=O)[C@@H]1CC(=O)N(c2cccc3ccccc23)C1. The van der Waals surface area contributed by atoms with Crippen molar-refractivity contribution in [2.24, 2.45) is 11.8 Å². The lowest BCUT2D eigenvalue weighted by Gasteiger charge is -2.21. The quantitative estimate of drug-likeness (QED) is 0.937. The topological polar surface area (TPSA) is 49.4 Å². The maximum absolute atomic E-state index is 12.5. The van der Waals surface area contributed by atoms with Gasteiger partial charge in [0, 0.05) is 24.4 Å². The zero-order valence-electron chi connectivity index (χ0n) is 14.5. The molecule has 0 radical (unpaired) electrons. The van der Waals surface area contributed by atoms with E-state index in [0.717, 1.165) is 16.5 Å². The molecule has 126 valence electrons. The van der Waals surface area contributed by atoms with E-state index in [1.54, 1.807) is 4.90 Å². The van der Waals surface area contributed by atoms with Crippen LogP contribution in [-0.2, 0) is 9.59 Å². The van der Waals surface area contributed by atoms with Crippen molar-refractivity contribution in [1.29, 1.82) is 0 Å². The van der Waals surface area contributed by atoms with Gasteiger partial charge in [-0.05, 0) is 24.3 Å². The zero-order valence-corrected chi connectivity index (χ0v) is 14.5. The molecule has 2 aromatic carbocycles. The lowest BCUT2D eigenvalue weighted by Crippen LogP contribution is -2.40. The van der Waals surface area contributed by atoms with Crippen LogP contribution < -0.4 is 10.2 Å². The monoisotopic (exact) mass is 324 g/mol. The second kappa shape index (κ2) is 6.63. The van der Waals surface area contributed by atoms with Gasteiger partial charge in [-0.2, -0.15) is 0 Å². The van der Waals surface area contributed by atoms with Gasteiger partial charge in [0.2, 0.25) is 11.8 Å². The van der Waals surface area contributed by atoms with Crippen molar-refractivity contribution in [3.05, 3.63) is 42.5 Å². The average molecular weight is 324 g/mol. The number of benzene rings is 2. The Bertz CT molecular complexity index is 764. The van der Waals surface area contributed by atoms with Gasteiger partial charge in [-0.25, -0.2) is 0 Å². The third-order valence-corrected chi connectivity index (χ3v) is 4.92. The number of nitrogens with one attached hydrogen (secondary N) is 1. The molecule has 4 heteroatoms. The predicted octanol–water partition coefficient (Wildman–Crippen LogP) is 3.35. The second-order valence-corrected chi connectivity index (χ2v) is 6.94. The number of carbonyl (C=O) groups excluding carboxylic acids is 2. The van der Waals surface area contributed by atoms with Gasteiger partial charge in [0.25, 0.3) is 0 Å². The van der Waals surface area contributed by atoms with Gasteiger partial charge < -0.3 is 10.2 Å². The number of anilines is 1. The van der Waals surface area contributed by atoms with E-state index in [0.29, 0.717) is 12.5 Å². The van der Waals surface area contributed by atoms with Crippen molar-refractivity contribution in [2.75, 3.05) is 11.4 Å². The Balaban J connectivity index is 1.81. The summed E-state index contributed by atoms with van der Waals surface area (Å²) in [5.74, 6) is 0.0916. The van der Waals surface area contributed by atoms with E-state index in [-0.39, 0.29) is 30.2 Å². The molecule has 0 bridgehead atoms. The van der Waals surface area contributed by atoms with Crippen molar-refractivity contribution in [3.63, 3.8) is 0 Å². The maximum atomic E-state index is 12.5. The van der Waals surface area contributed by atoms with Crippen LogP contribution in [0.4, 0.5) is 5.69 Å². The summed E-state index contributed by atoms with van der Waals surface area (Å²) in [5.41, 5.74) is 0.894. The van der Waals surface area contributed by atoms with Gasteiger partial charge in [-0.1, -0.05) is 50.2 Å². The Morgan fingerprint density at radius 2 is 1.83 bits per heavy atom. The Hall–Kier alpha value is -2.36. The fraction of sp³-hybridized carbons (Fsp3) is 0.400. The molecule has 1 N–H and O–H groups in total. The van der Waals surface area contributed by atoms with Gasteiger partial charge in [-0.3, -0.25) is 9.59 Å². The highest BCUT2D eigenvalue weighted by molar-refractivity contribution is 6.06. The fourth-order valence-corrected chi connectivity index (χ4v) is 3.07. The highest BCUT2D eigenvalue weighted by atomic mass is 16.2. The molecular formula is C20H24N2O2. The van der Waals surface area contributed by atoms with E-state index in [1.807, 2.05) is 49.4 Å². The van der Waals surface area contributed by atoms with E-state index in [9.17, 15) is 9.59 Å². The number of fused-ring (bicyclic) bond motifs is 1. The van der Waals surface area contributed by atoms with Crippen LogP contribution in [0, 0.1) is 11.8 Å². The lowest BCUT2D eigenvalue weighted by molar-refractivity contribution is -0.127. The fourth-order valence-electron chi connectivity index (χ4n) is 3.07. The molecule has 2 aromatic rings. The first-order valence-corrected chi connectivity index (χ1v) is 8.56. The van der Waals surface area contributed by atoms with Crippen molar-refractivity contribution in [1.82, 2.24) is 5.32 Å². The molecule has 0 unspecified atom stereocenters. The number of hydrogen-bond acceptors (Lipinski definition) is 2. The predicted molar refractivity (Wildman–Crippen MR) is 96.9 cm³/mol. The number of nitrogens with zero attached hydrogens (tertiary/aromatic N) is 1. The Morgan fingerprint density at radius 3 is 2.58 bits per heavy atom. The normalized spacial score (nSPS) is 19.1. The summed E-state index contributed by atoms with van der Waals surface area (Å²) in [6.45, 7) is 6.60. The van der Waals surface area contributed by atoms with Gasteiger partial charge in [0.15, 0.2) is 0 Å². The summed E-state index contributed by atoms with van der Waals surface area (Å²) in [7, 11) is 0. The summed E-state index contributed by atoms with van der Waals surface area (Å²) < 4.78 is 0. The standard InChI is InChI=1S/C20H24N2O2/c1-13(2)14(3)21-20(24)16-11-19(23)22(12-16)18-10-6-8-15-7-4-5-9-17(15)18/h4-10,13-14,16H,11-12H2,1-3H3,(H,21,24)/t14-,16+/m0/s1. The molecule has 4 nitrogen and oxygen atoms in total.